The zero-order chi connectivity index (χ0) is 7.98. The number of aldehydes is 1. The maximum absolute atomic E-state index is 10.2. The molecule has 0 aromatic rings. The first-order chi connectivity index (χ1) is 4.70. The molecule has 0 heterocycles. The van der Waals surface area contributed by atoms with Gasteiger partial charge in [0.1, 0.15) is 6.29 Å². The van der Waals surface area contributed by atoms with E-state index in [1.165, 1.54) is 12.8 Å². The Bertz CT molecular complexity index is 88.7. The monoisotopic (exact) mass is 142 g/mol. The number of hydrogen-bond acceptors (Lipinski definition) is 1. The molecule has 2 atom stereocenters. The molecule has 0 amide bonds. The molecule has 0 aliphatic heterocycles. The van der Waals surface area contributed by atoms with Crippen molar-refractivity contribution in [3.63, 3.8) is 0 Å². The van der Waals surface area contributed by atoms with Crippen LogP contribution in [0.15, 0.2) is 0 Å². The average molecular weight is 142 g/mol. The average Bonchev–Trinajstić information content (AvgIpc) is 1.99. The lowest BCUT2D eigenvalue weighted by Gasteiger charge is -2.08. The van der Waals surface area contributed by atoms with Crippen molar-refractivity contribution in [1.82, 2.24) is 0 Å². The van der Waals surface area contributed by atoms with E-state index in [0.717, 1.165) is 18.6 Å². The maximum atomic E-state index is 10.2. The minimum absolute atomic E-state index is 0.258. The summed E-state index contributed by atoms with van der Waals surface area (Å²) in [5, 5.41) is 0. The highest BCUT2D eigenvalue weighted by Gasteiger charge is 2.02. The highest BCUT2D eigenvalue weighted by atomic mass is 16.1. The third-order valence-corrected chi connectivity index (χ3v) is 2.04. The predicted octanol–water partition coefficient (Wildman–Crippen LogP) is 2.65. The maximum Gasteiger partial charge on any atom is 0.122 e. The number of rotatable bonds is 5. The van der Waals surface area contributed by atoms with Gasteiger partial charge in [0, 0.05) is 5.92 Å². The molecule has 0 aromatic heterocycles. The molecule has 0 aliphatic carbocycles. The van der Waals surface area contributed by atoms with Gasteiger partial charge in [0.25, 0.3) is 0 Å². The van der Waals surface area contributed by atoms with Crippen LogP contribution in [0, 0.1) is 11.8 Å². The minimum atomic E-state index is 0.258. The number of carbonyl (C=O) groups is 1. The summed E-state index contributed by atoms with van der Waals surface area (Å²) < 4.78 is 0. The molecule has 0 aromatic carbocycles. The van der Waals surface area contributed by atoms with Crippen LogP contribution in [0.2, 0.25) is 0 Å². The van der Waals surface area contributed by atoms with Crippen LogP contribution in [0.5, 0.6) is 0 Å². The first-order valence-corrected chi connectivity index (χ1v) is 4.16. The molecule has 0 saturated carbocycles. The molecule has 10 heavy (non-hydrogen) atoms. The smallest absolute Gasteiger partial charge is 0.122 e. The second kappa shape index (κ2) is 5.45. The minimum Gasteiger partial charge on any atom is -0.303 e. The third-order valence-electron chi connectivity index (χ3n) is 2.04. The molecule has 0 radical (unpaired) electrons. The second-order valence-electron chi connectivity index (χ2n) is 3.20. The summed E-state index contributed by atoms with van der Waals surface area (Å²) in [5.74, 6) is 1.04. The van der Waals surface area contributed by atoms with Gasteiger partial charge in [-0.15, -0.1) is 0 Å². The zero-order valence-corrected chi connectivity index (χ0v) is 7.26. The Morgan fingerprint density at radius 1 is 1.30 bits per heavy atom. The molecule has 0 aliphatic rings. The first-order valence-electron chi connectivity index (χ1n) is 4.16. The molecule has 0 fully saturated rings. The van der Waals surface area contributed by atoms with Gasteiger partial charge >= 0.3 is 0 Å². The van der Waals surface area contributed by atoms with Gasteiger partial charge in [0.15, 0.2) is 0 Å². The summed E-state index contributed by atoms with van der Waals surface area (Å²) in [6.45, 7) is 6.41. The van der Waals surface area contributed by atoms with E-state index in [0.29, 0.717) is 0 Å². The van der Waals surface area contributed by atoms with E-state index in [-0.39, 0.29) is 5.92 Å². The number of hydrogen-bond donors (Lipinski definition) is 0. The molecule has 1 nitrogen and oxygen atoms in total. The largest absolute Gasteiger partial charge is 0.303 e. The van der Waals surface area contributed by atoms with Gasteiger partial charge in [-0.05, 0) is 12.3 Å². The SMILES string of the molecule is CCC(C)CC[C@H](C)C=O. The van der Waals surface area contributed by atoms with Crippen LogP contribution in [0.25, 0.3) is 0 Å². The van der Waals surface area contributed by atoms with Crippen molar-refractivity contribution in [2.24, 2.45) is 11.8 Å². The van der Waals surface area contributed by atoms with Crippen LogP contribution >= 0.6 is 0 Å². The molecular formula is C9H18O. The first kappa shape index (κ1) is 9.67. The zero-order valence-electron chi connectivity index (χ0n) is 7.26. The van der Waals surface area contributed by atoms with Crippen molar-refractivity contribution in [2.75, 3.05) is 0 Å². The lowest BCUT2D eigenvalue weighted by Crippen LogP contribution is -1.99. The fraction of sp³-hybridized carbons (Fsp3) is 0.889. The Labute approximate surface area is 63.8 Å². The van der Waals surface area contributed by atoms with Crippen LogP contribution in [0.1, 0.15) is 40.0 Å². The topological polar surface area (TPSA) is 17.1 Å². The molecule has 1 unspecified atom stereocenters. The molecule has 0 rings (SSSR count). The lowest BCUT2D eigenvalue weighted by atomic mass is 9.97. The number of carbonyl (C=O) groups excluding carboxylic acids is 1. The molecule has 0 saturated heterocycles. The Hall–Kier alpha value is -0.330. The summed E-state index contributed by atoms with van der Waals surface area (Å²) in [7, 11) is 0. The molecule has 1 heteroatoms. The van der Waals surface area contributed by atoms with Gasteiger partial charge in [-0.3, -0.25) is 0 Å². The van der Waals surface area contributed by atoms with Gasteiger partial charge in [-0.25, -0.2) is 0 Å². The second-order valence-corrected chi connectivity index (χ2v) is 3.20. The van der Waals surface area contributed by atoms with Crippen molar-refractivity contribution in [3.8, 4) is 0 Å². The van der Waals surface area contributed by atoms with E-state index < -0.39 is 0 Å². The van der Waals surface area contributed by atoms with E-state index in [1.54, 1.807) is 0 Å². The van der Waals surface area contributed by atoms with Crippen molar-refractivity contribution < 1.29 is 4.79 Å². The van der Waals surface area contributed by atoms with Crippen molar-refractivity contribution in [3.05, 3.63) is 0 Å². The quantitative estimate of drug-likeness (QED) is 0.539. The Kier molecular flexibility index (Phi) is 5.27. The Balaban J connectivity index is 3.25. The van der Waals surface area contributed by atoms with Crippen LogP contribution in [-0.2, 0) is 4.79 Å². The Morgan fingerprint density at radius 2 is 1.90 bits per heavy atom. The molecule has 0 N–H and O–H groups in total. The summed E-state index contributed by atoms with van der Waals surface area (Å²) >= 11 is 0. The molecule has 0 bridgehead atoms. The van der Waals surface area contributed by atoms with E-state index in [1.807, 2.05) is 6.92 Å². The van der Waals surface area contributed by atoms with Crippen LogP contribution < -0.4 is 0 Å². The standard InChI is InChI=1S/C9H18O/c1-4-8(2)5-6-9(3)7-10/h7-9H,4-6H2,1-3H3/t8?,9-/m0/s1. The summed E-state index contributed by atoms with van der Waals surface area (Å²) in [6.07, 6.45) is 4.52. The fourth-order valence-electron chi connectivity index (χ4n) is 0.820. The van der Waals surface area contributed by atoms with Gasteiger partial charge < -0.3 is 4.79 Å². The molecule has 60 valence electrons. The predicted molar refractivity (Wildman–Crippen MR) is 43.9 cm³/mol. The van der Waals surface area contributed by atoms with E-state index >= 15 is 0 Å². The van der Waals surface area contributed by atoms with Crippen molar-refractivity contribution >= 4 is 6.29 Å². The van der Waals surface area contributed by atoms with E-state index in [2.05, 4.69) is 13.8 Å². The molecular weight excluding hydrogens is 124 g/mol. The third kappa shape index (κ3) is 4.54. The van der Waals surface area contributed by atoms with Crippen LogP contribution in [0.4, 0.5) is 0 Å². The lowest BCUT2D eigenvalue weighted by molar-refractivity contribution is -0.110. The van der Waals surface area contributed by atoms with Gasteiger partial charge in [0.2, 0.25) is 0 Å². The summed E-state index contributed by atoms with van der Waals surface area (Å²) in [5.41, 5.74) is 0. The highest BCUT2D eigenvalue weighted by Crippen LogP contribution is 2.12. The van der Waals surface area contributed by atoms with Gasteiger partial charge in [-0.2, -0.15) is 0 Å². The summed E-state index contributed by atoms with van der Waals surface area (Å²) in [6, 6.07) is 0. The normalized spacial score (nSPS) is 16.3. The van der Waals surface area contributed by atoms with Gasteiger partial charge in [0.05, 0.1) is 0 Å². The molecule has 0 spiro atoms. The Morgan fingerprint density at radius 3 is 2.30 bits per heavy atom. The fourth-order valence-corrected chi connectivity index (χ4v) is 0.820. The van der Waals surface area contributed by atoms with Crippen molar-refractivity contribution in [2.45, 2.75) is 40.0 Å². The van der Waals surface area contributed by atoms with Crippen molar-refractivity contribution in [1.29, 1.82) is 0 Å². The highest BCUT2D eigenvalue weighted by molar-refractivity contribution is 5.52. The van der Waals surface area contributed by atoms with Gasteiger partial charge in [-0.1, -0.05) is 33.6 Å². The van der Waals surface area contributed by atoms with Crippen LogP contribution in [-0.4, -0.2) is 6.29 Å². The summed E-state index contributed by atoms with van der Waals surface area (Å²) in [4.78, 5) is 10.2. The van der Waals surface area contributed by atoms with E-state index in [9.17, 15) is 4.79 Å². The van der Waals surface area contributed by atoms with E-state index in [4.69, 9.17) is 0 Å². The van der Waals surface area contributed by atoms with Crippen LogP contribution in [0.3, 0.4) is 0 Å².